The van der Waals surface area contributed by atoms with Gasteiger partial charge in [0, 0.05) is 12.2 Å². The van der Waals surface area contributed by atoms with Gasteiger partial charge in [-0.15, -0.1) is 0 Å². The van der Waals surface area contributed by atoms with Crippen LogP contribution in [0.3, 0.4) is 0 Å². The molecule has 1 amide bonds. The van der Waals surface area contributed by atoms with Crippen molar-refractivity contribution in [2.24, 2.45) is 5.92 Å². The molecule has 3 rings (SSSR count). The smallest absolute Gasteiger partial charge is 0.414 e. The summed E-state index contributed by atoms with van der Waals surface area (Å²) in [7, 11) is 1.44. The Morgan fingerprint density at radius 1 is 1.30 bits per heavy atom. The zero-order chi connectivity index (χ0) is 16.7. The average Bonchev–Trinajstić information content (AvgIpc) is 3.09. The second kappa shape index (κ2) is 8.56. The number of hydrogen-bond acceptors (Lipinski definition) is 3. The normalized spacial score (nSPS) is 14.9. The van der Waals surface area contributed by atoms with E-state index in [4.69, 9.17) is 4.74 Å². The Labute approximate surface area is 138 Å². The topological polar surface area (TPSA) is 58.2 Å². The van der Waals surface area contributed by atoms with E-state index in [0.29, 0.717) is 5.92 Å². The van der Waals surface area contributed by atoms with E-state index in [-0.39, 0.29) is 6.09 Å². The Hall–Kier alpha value is -2.04. The molecule has 0 bridgehead atoms. The van der Waals surface area contributed by atoms with Gasteiger partial charge in [0.15, 0.2) is 0 Å². The highest BCUT2D eigenvalue weighted by Crippen LogP contribution is 2.28. The fourth-order valence-electron chi connectivity index (χ4n) is 3.11. The second-order valence-corrected chi connectivity index (χ2v) is 5.69. The fraction of sp³-hybridized carbons (Fsp3) is 0.556. The molecule has 0 atom stereocenters. The van der Waals surface area contributed by atoms with Crippen LogP contribution in [-0.4, -0.2) is 29.7 Å². The molecule has 5 heteroatoms. The third kappa shape index (κ3) is 4.24. The van der Waals surface area contributed by atoms with Crippen LogP contribution in [0.2, 0.25) is 0 Å². The maximum atomic E-state index is 12.1. The maximum absolute atomic E-state index is 12.1. The monoisotopic (exact) mass is 317 g/mol. The number of methoxy groups -OCH3 is 1. The number of rotatable bonds is 3. The van der Waals surface area contributed by atoms with Crippen LogP contribution in [0.5, 0.6) is 0 Å². The van der Waals surface area contributed by atoms with Crippen LogP contribution in [0.1, 0.15) is 46.0 Å². The average molecular weight is 317 g/mol. The van der Waals surface area contributed by atoms with Crippen LogP contribution < -0.4 is 4.90 Å². The number of aromatic amines is 1. The van der Waals surface area contributed by atoms with Gasteiger partial charge in [0.05, 0.1) is 24.5 Å². The summed E-state index contributed by atoms with van der Waals surface area (Å²) in [5.41, 5.74) is 2.70. The minimum Gasteiger partial charge on any atom is -0.452 e. The number of nitrogens with one attached hydrogen (secondary N) is 1. The second-order valence-electron chi connectivity index (χ2n) is 5.69. The van der Waals surface area contributed by atoms with E-state index in [1.165, 1.54) is 39.2 Å². The molecule has 1 aliphatic carbocycles. The maximum Gasteiger partial charge on any atom is 0.414 e. The van der Waals surface area contributed by atoms with Crippen LogP contribution in [0.25, 0.3) is 11.0 Å². The van der Waals surface area contributed by atoms with Crippen molar-refractivity contribution in [1.82, 2.24) is 9.97 Å². The predicted octanol–water partition coefficient (Wildman–Crippen LogP) is 4.74. The number of ether oxygens (including phenoxy) is 1. The highest BCUT2D eigenvalue weighted by Gasteiger charge is 2.23. The standard InChI is InChI=1S/C16H21N3O2.C2H6/c1-21-16(20)19(10-12-5-3-2-4-6-12)13-7-8-14-15(9-13)18-11-17-14;1-2/h7-9,11-12H,2-6,10H2,1H3,(H,17,18);1-2H3. The number of fused-ring (bicyclic) bond motifs is 1. The van der Waals surface area contributed by atoms with Crippen molar-refractivity contribution in [1.29, 1.82) is 0 Å². The molecule has 1 N–H and O–H groups in total. The number of carbonyl (C=O) groups excluding carboxylic acids is 1. The summed E-state index contributed by atoms with van der Waals surface area (Å²) in [4.78, 5) is 21.2. The van der Waals surface area contributed by atoms with Crippen molar-refractivity contribution in [3.63, 3.8) is 0 Å². The van der Waals surface area contributed by atoms with Crippen molar-refractivity contribution >= 4 is 22.8 Å². The van der Waals surface area contributed by atoms with Gasteiger partial charge in [-0.25, -0.2) is 9.78 Å². The van der Waals surface area contributed by atoms with E-state index < -0.39 is 0 Å². The Balaban J connectivity index is 0.000000924. The lowest BCUT2D eigenvalue weighted by Gasteiger charge is -2.29. The third-order valence-corrected chi connectivity index (χ3v) is 4.28. The number of imidazole rings is 1. The van der Waals surface area contributed by atoms with E-state index in [0.717, 1.165) is 23.3 Å². The van der Waals surface area contributed by atoms with Crippen LogP contribution in [0.4, 0.5) is 10.5 Å². The summed E-state index contributed by atoms with van der Waals surface area (Å²) in [6.45, 7) is 4.73. The van der Waals surface area contributed by atoms with Crippen molar-refractivity contribution in [3.05, 3.63) is 24.5 Å². The first-order valence-corrected chi connectivity index (χ1v) is 8.56. The van der Waals surface area contributed by atoms with E-state index in [1.807, 2.05) is 32.0 Å². The largest absolute Gasteiger partial charge is 0.452 e. The van der Waals surface area contributed by atoms with Crippen LogP contribution in [0.15, 0.2) is 24.5 Å². The summed E-state index contributed by atoms with van der Waals surface area (Å²) in [6, 6.07) is 5.82. The molecule has 1 aliphatic rings. The van der Waals surface area contributed by atoms with Gasteiger partial charge in [0.25, 0.3) is 0 Å². The highest BCUT2D eigenvalue weighted by atomic mass is 16.5. The Kier molecular flexibility index (Phi) is 6.44. The van der Waals surface area contributed by atoms with Crippen LogP contribution >= 0.6 is 0 Å². The number of nitrogens with zero attached hydrogens (tertiary/aromatic N) is 2. The number of hydrogen-bond donors (Lipinski definition) is 1. The molecule has 0 unspecified atom stereocenters. The molecule has 0 aliphatic heterocycles. The first-order valence-electron chi connectivity index (χ1n) is 8.56. The molecule has 1 fully saturated rings. The molecule has 1 saturated carbocycles. The quantitative estimate of drug-likeness (QED) is 0.889. The zero-order valence-electron chi connectivity index (χ0n) is 14.3. The molecule has 1 heterocycles. The SMILES string of the molecule is CC.COC(=O)N(CC1CCCCC1)c1ccc2nc[nH]c2c1. The minimum absolute atomic E-state index is 0.292. The predicted molar refractivity (Wildman–Crippen MR) is 93.8 cm³/mol. The number of aromatic nitrogens is 2. The van der Waals surface area contributed by atoms with Crippen molar-refractivity contribution in [2.75, 3.05) is 18.6 Å². The molecule has 1 aromatic carbocycles. The first kappa shape index (κ1) is 17.3. The van der Waals surface area contributed by atoms with Gasteiger partial charge in [0.1, 0.15) is 0 Å². The lowest BCUT2D eigenvalue weighted by Crippen LogP contribution is -2.36. The van der Waals surface area contributed by atoms with Crippen molar-refractivity contribution < 1.29 is 9.53 Å². The van der Waals surface area contributed by atoms with E-state index in [9.17, 15) is 4.79 Å². The minimum atomic E-state index is -0.292. The number of benzene rings is 1. The molecule has 23 heavy (non-hydrogen) atoms. The van der Waals surface area contributed by atoms with Gasteiger partial charge in [-0.1, -0.05) is 33.1 Å². The lowest BCUT2D eigenvalue weighted by molar-refractivity contribution is 0.176. The van der Waals surface area contributed by atoms with Gasteiger partial charge in [-0.2, -0.15) is 0 Å². The summed E-state index contributed by atoms with van der Waals surface area (Å²) >= 11 is 0. The lowest BCUT2D eigenvalue weighted by atomic mass is 9.89. The molecular weight excluding hydrogens is 290 g/mol. The number of H-pyrrole nitrogens is 1. The van der Waals surface area contributed by atoms with Crippen molar-refractivity contribution in [2.45, 2.75) is 46.0 Å². The summed E-state index contributed by atoms with van der Waals surface area (Å²) in [5.74, 6) is 0.565. The van der Waals surface area contributed by atoms with Gasteiger partial charge < -0.3 is 9.72 Å². The molecular formula is C18H27N3O2. The summed E-state index contributed by atoms with van der Waals surface area (Å²) in [6.07, 6.45) is 7.60. The zero-order valence-corrected chi connectivity index (χ0v) is 14.3. The molecule has 0 radical (unpaired) electrons. The summed E-state index contributed by atoms with van der Waals surface area (Å²) in [5, 5.41) is 0. The first-order chi connectivity index (χ1) is 11.3. The van der Waals surface area contributed by atoms with Crippen LogP contribution in [-0.2, 0) is 4.74 Å². The summed E-state index contributed by atoms with van der Waals surface area (Å²) < 4.78 is 4.96. The van der Waals surface area contributed by atoms with E-state index in [2.05, 4.69) is 9.97 Å². The Morgan fingerprint density at radius 2 is 2.04 bits per heavy atom. The number of amides is 1. The number of carbonyl (C=O) groups is 1. The molecule has 2 aromatic rings. The Morgan fingerprint density at radius 3 is 2.74 bits per heavy atom. The molecule has 0 spiro atoms. The van der Waals surface area contributed by atoms with Gasteiger partial charge in [-0.05, 0) is 37.0 Å². The van der Waals surface area contributed by atoms with E-state index in [1.54, 1.807) is 11.2 Å². The van der Waals surface area contributed by atoms with Gasteiger partial charge in [-0.3, -0.25) is 4.90 Å². The third-order valence-electron chi connectivity index (χ3n) is 4.28. The number of anilines is 1. The highest BCUT2D eigenvalue weighted by molar-refractivity contribution is 5.90. The molecule has 1 aromatic heterocycles. The Bertz CT molecular complexity index is 618. The van der Waals surface area contributed by atoms with Crippen molar-refractivity contribution in [3.8, 4) is 0 Å². The van der Waals surface area contributed by atoms with Crippen LogP contribution in [0, 0.1) is 5.92 Å². The van der Waals surface area contributed by atoms with Gasteiger partial charge in [0.2, 0.25) is 0 Å². The molecule has 5 nitrogen and oxygen atoms in total. The van der Waals surface area contributed by atoms with Gasteiger partial charge >= 0.3 is 6.09 Å². The molecule has 126 valence electrons. The molecule has 0 saturated heterocycles. The van der Waals surface area contributed by atoms with E-state index >= 15 is 0 Å². The fourth-order valence-corrected chi connectivity index (χ4v) is 3.11.